The standard InChI is InChI=1S/C11H12F3N7S/c1-17-9(11(12,13)14)5(3-15)4-22-6-2-7(16)18-10-8(6)19-21-20-10/h2-3,15,17H,4H2,1H3,(H3,16,18,19,20,21)/b9-5+,15-3?. The molecule has 0 fully saturated rings. The Kier molecular flexibility index (Phi) is 4.54. The SMILES string of the molecule is CN/C(=C(\C=N)CSc1cc(N)nc2[nH]nnc12)C(F)(F)F. The number of nitrogen functional groups attached to an aromatic ring is 1. The van der Waals surface area contributed by atoms with Crippen LogP contribution in [-0.4, -0.2) is 45.6 Å². The lowest BCUT2D eigenvalue weighted by Crippen LogP contribution is -2.26. The number of aromatic amines is 1. The first-order chi connectivity index (χ1) is 10.4. The highest BCUT2D eigenvalue weighted by atomic mass is 32.2. The molecule has 118 valence electrons. The van der Waals surface area contributed by atoms with Gasteiger partial charge < -0.3 is 16.5 Å². The maximum Gasteiger partial charge on any atom is 0.431 e. The molecular weight excluding hydrogens is 319 g/mol. The Morgan fingerprint density at radius 2 is 2.27 bits per heavy atom. The zero-order chi connectivity index (χ0) is 16.3. The number of hydrogen-bond donors (Lipinski definition) is 4. The number of halogens is 3. The summed E-state index contributed by atoms with van der Waals surface area (Å²) in [5.41, 5.74) is 5.26. The number of aromatic nitrogens is 4. The van der Waals surface area contributed by atoms with Gasteiger partial charge in [0.05, 0.1) is 0 Å². The van der Waals surface area contributed by atoms with Crippen LogP contribution in [0.2, 0.25) is 0 Å². The number of nitrogens with one attached hydrogen (secondary N) is 3. The second-order valence-electron chi connectivity index (χ2n) is 4.14. The summed E-state index contributed by atoms with van der Waals surface area (Å²) in [7, 11) is 1.16. The Balaban J connectivity index is 2.32. The van der Waals surface area contributed by atoms with E-state index in [1.807, 2.05) is 0 Å². The summed E-state index contributed by atoms with van der Waals surface area (Å²) in [6, 6.07) is 1.50. The molecule has 0 aromatic carbocycles. The number of allylic oxidation sites excluding steroid dienone is 1. The first-order valence-electron chi connectivity index (χ1n) is 5.95. The molecule has 0 saturated heterocycles. The molecule has 0 saturated carbocycles. The van der Waals surface area contributed by atoms with Crippen LogP contribution < -0.4 is 11.1 Å². The number of nitrogens with zero attached hydrogens (tertiary/aromatic N) is 3. The number of thioether (sulfide) groups is 1. The van der Waals surface area contributed by atoms with Crippen molar-refractivity contribution in [3.63, 3.8) is 0 Å². The van der Waals surface area contributed by atoms with Gasteiger partial charge >= 0.3 is 6.18 Å². The molecule has 22 heavy (non-hydrogen) atoms. The van der Waals surface area contributed by atoms with Crippen molar-refractivity contribution in [2.75, 3.05) is 18.5 Å². The molecule has 2 aromatic heterocycles. The van der Waals surface area contributed by atoms with Crippen LogP contribution in [0.3, 0.4) is 0 Å². The Labute approximate surface area is 127 Å². The maximum atomic E-state index is 12.9. The fourth-order valence-corrected chi connectivity index (χ4v) is 2.78. The van der Waals surface area contributed by atoms with Crippen LogP contribution in [0.15, 0.2) is 22.2 Å². The van der Waals surface area contributed by atoms with Crippen LogP contribution >= 0.6 is 11.8 Å². The number of pyridine rings is 1. The van der Waals surface area contributed by atoms with Crippen molar-refractivity contribution >= 4 is 35.0 Å². The van der Waals surface area contributed by atoms with Crippen molar-refractivity contribution in [1.29, 1.82) is 5.41 Å². The third-order valence-electron chi connectivity index (χ3n) is 2.70. The van der Waals surface area contributed by atoms with Gasteiger partial charge in [0.2, 0.25) is 0 Å². The van der Waals surface area contributed by atoms with Gasteiger partial charge in [-0.15, -0.1) is 16.9 Å². The van der Waals surface area contributed by atoms with Gasteiger partial charge in [0, 0.05) is 29.5 Å². The summed E-state index contributed by atoms with van der Waals surface area (Å²) in [6.07, 6.45) is -3.88. The minimum atomic E-state index is -4.55. The highest BCUT2D eigenvalue weighted by Crippen LogP contribution is 2.31. The number of anilines is 1. The van der Waals surface area contributed by atoms with Gasteiger partial charge in [-0.2, -0.15) is 13.2 Å². The van der Waals surface area contributed by atoms with E-state index in [0.717, 1.165) is 18.8 Å². The Morgan fingerprint density at radius 3 is 2.86 bits per heavy atom. The molecule has 0 aliphatic heterocycles. The van der Waals surface area contributed by atoms with E-state index in [2.05, 4.69) is 25.7 Å². The average Bonchev–Trinajstić information content (AvgIpc) is 2.89. The lowest BCUT2D eigenvalue weighted by Gasteiger charge is -2.15. The summed E-state index contributed by atoms with van der Waals surface area (Å²) in [4.78, 5) is 4.50. The zero-order valence-corrected chi connectivity index (χ0v) is 12.1. The van der Waals surface area contributed by atoms with Crippen molar-refractivity contribution in [2.45, 2.75) is 11.1 Å². The van der Waals surface area contributed by atoms with Gasteiger partial charge in [-0.25, -0.2) is 10.1 Å². The van der Waals surface area contributed by atoms with Crippen molar-refractivity contribution in [2.24, 2.45) is 0 Å². The topological polar surface area (TPSA) is 116 Å². The molecule has 2 aromatic rings. The fourth-order valence-electron chi connectivity index (χ4n) is 1.77. The van der Waals surface area contributed by atoms with E-state index in [9.17, 15) is 13.2 Å². The molecule has 0 bridgehead atoms. The summed E-state index contributed by atoms with van der Waals surface area (Å²) in [5.74, 6) is 0.121. The van der Waals surface area contributed by atoms with E-state index in [1.54, 1.807) is 0 Å². The van der Waals surface area contributed by atoms with E-state index in [0.29, 0.717) is 22.3 Å². The lowest BCUT2D eigenvalue weighted by atomic mass is 10.2. The first kappa shape index (κ1) is 16.1. The second-order valence-corrected chi connectivity index (χ2v) is 5.15. The fraction of sp³-hybridized carbons (Fsp3) is 0.273. The molecular formula is C11H12F3N7S. The van der Waals surface area contributed by atoms with Gasteiger partial charge in [-0.05, 0) is 6.07 Å². The molecule has 2 heterocycles. The quantitative estimate of drug-likeness (QED) is 0.489. The number of alkyl halides is 3. The lowest BCUT2D eigenvalue weighted by molar-refractivity contribution is -0.0964. The molecule has 0 atom stereocenters. The monoisotopic (exact) mass is 331 g/mol. The van der Waals surface area contributed by atoms with E-state index in [-0.39, 0.29) is 17.1 Å². The van der Waals surface area contributed by atoms with E-state index >= 15 is 0 Å². The third-order valence-corrected chi connectivity index (χ3v) is 3.77. The molecule has 2 rings (SSSR count). The molecule has 5 N–H and O–H groups in total. The van der Waals surface area contributed by atoms with Crippen LogP contribution in [-0.2, 0) is 0 Å². The number of hydrogen-bond acceptors (Lipinski definition) is 7. The van der Waals surface area contributed by atoms with Gasteiger partial charge in [0.15, 0.2) is 5.65 Å². The van der Waals surface area contributed by atoms with Gasteiger partial charge in [0.1, 0.15) is 17.0 Å². The number of rotatable bonds is 5. The molecule has 7 nitrogen and oxygen atoms in total. The van der Waals surface area contributed by atoms with E-state index in [1.165, 1.54) is 6.07 Å². The van der Waals surface area contributed by atoms with Gasteiger partial charge in [-0.1, -0.05) is 5.21 Å². The molecule has 11 heteroatoms. The van der Waals surface area contributed by atoms with E-state index < -0.39 is 11.9 Å². The van der Waals surface area contributed by atoms with Gasteiger partial charge in [0.25, 0.3) is 0 Å². The summed E-state index contributed by atoms with van der Waals surface area (Å²) < 4.78 is 38.6. The van der Waals surface area contributed by atoms with Crippen LogP contribution in [0.25, 0.3) is 11.2 Å². The minimum Gasteiger partial charge on any atom is -0.384 e. The van der Waals surface area contributed by atoms with E-state index in [4.69, 9.17) is 11.1 Å². The average molecular weight is 331 g/mol. The smallest absolute Gasteiger partial charge is 0.384 e. The highest BCUT2D eigenvalue weighted by Gasteiger charge is 2.35. The number of nitrogens with two attached hydrogens (primary N) is 1. The summed E-state index contributed by atoms with van der Waals surface area (Å²) >= 11 is 1.07. The number of H-pyrrole nitrogens is 1. The van der Waals surface area contributed by atoms with Crippen LogP contribution in [0.4, 0.5) is 19.0 Å². The van der Waals surface area contributed by atoms with Crippen LogP contribution in [0.5, 0.6) is 0 Å². The van der Waals surface area contributed by atoms with Crippen molar-refractivity contribution in [1.82, 2.24) is 25.7 Å². The first-order valence-corrected chi connectivity index (χ1v) is 6.94. The molecule has 0 radical (unpaired) electrons. The van der Waals surface area contributed by atoms with Crippen LogP contribution in [0, 0.1) is 5.41 Å². The molecule has 0 aliphatic rings. The molecule has 0 unspecified atom stereocenters. The Morgan fingerprint density at radius 1 is 1.55 bits per heavy atom. The number of fused-ring (bicyclic) bond motifs is 1. The second kappa shape index (κ2) is 6.22. The molecule has 0 aliphatic carbocycles. The van der Waals surface area contributed by atoms with Crippen molar-refractivity contribution in [3.05, 3.63) is 17.3 Å². The highest BCUT2D eigenvalue weighted by molar-refractivity contribution is 7.99. The normalized spacial score (nSPS) is 13.1. The maximum absolute atomic E-state index is 12.9. The zero-order valence-electron chi connectivity index (χ0n) is 11.3. The van der Waals surface area contributed by atoms with Crippen LogP contribution in [0.1, 0.15) is 0 Å². The molecule has 0 amide bonds. The van der Waals surface area contributed by atoms with Crippen molar-refractivity contribution in [3.8, 4) is 0 Å². The summed E-state index contributed by atoms with van der Waals surface area (Å²) in [6.45, 7) is 0. The summed E-state index contributed by atoms with van der Waals surface area (Å²) in [5, 5.41) is 19.3. The predicted molar refractivity (Wildman–Crippen MR) is 77.7 cm³/mol. The third kappa shape index (κ3) is 3.30. The predicted octanol–water partition coefficient (Wildman–Crippen LogP) is 1.71. The molecule has 0 spiro atoms. The Hall–Kier alpha value is -2.30. The van der Waals surface area contributed by atoms with Crippen molar-refractivity contribution < 1.29 is 13.2 Å². The van der Waals surface area contributed by atoms with Gasteiger partial charge in [-0.3, -0.25) is 0 Å². The largest absolute Gasteiger partial charge is 0.431 e. The minimum absolute atomic E-state index is 0.0788. The Bertz CT molecular complexity index is 722.